The Kier molecular flexibility index (Phi) is 6.38. The van der Waals surface area contributed by atoms with Crippen LogP contribution in [0, 0.1) is 6.92 Å². The molecule has 0 bridgehead atoms. The summed E-state index contributed by atoms with van der Waals surface area (Å²) in [5.41, 5.74) is 3.82. The normalized spacial score (nSPS) is 14.8. The third kappa shape index (κ3) is 5.02. The van der Waals surface area contributed by atoms with Crippen LogP contribution in [0.2, 0.25) is 0 Å². The van der Waals surface area contributed by atoms with Crippen LogP contribution in [0.4, 0.5) is 0 Å². The molecule has 1 saturated heterocycles. The molecule has 3 aromatic rings. The number of benzene rings is 1. The largest absolute Gasteiger partial charge is 0.353 e. The van der Waals surface area contributed by atoms with Crippen molar-refractivity contribution >= 4 is 29.2 Å². The first-order valence-corrected chi connectivity index (χ1v) is 11.4. The van der Waals surface area contributed by atoms with Gasteiger partial charge in [0, 0.05) is 42.8 Å². The minimum Gasteiger partial charge on any atom is -0.353 e. The zero-order valence-electron chi connectivity index (χ0n) is 17.1. The fourth-order valence-corrected chi connectivity index (χ4v) is 4.45. The van der Waals surface area contributed by atoms with E-state index in [0.717, 1.165) is 29.7 Å². The van der Waals surface area contributed by atoms with Gasteiger partial charge in [0.15, 0.2) is 0 Å². The molecule has 6 nitrogen and oxygen atoms in total. The van der Waals surface area contributed by atoms with Gasteiger partial charge in [0.1, 0.15) is 5.65 Å². The lowest BCUT2D eigenvalue weighted by molar-refractivity contribution is -0.119. The molecule has 0 unspecified atom stereocenters. The Bertz CT molecular complexity index is 1030. The zero-order valence-corrected chi connectivity index (χ0v) is 17.9. The van der Waals surface area contributed by atoms with Crippen LogP contribution in [0.3, 0.4) is 0 Å². The number of hydrogen-bond acceptors (Lipinski definition) is 4. The quantitative estimate of drug-likeness (QED) is 0.662. The molecule has 2 amide bonds. The Labute approximate surface area is 180 Å². The number of nitrogens with zero attached hydrogens (tertiary/aromatic N) is 3. The summed E-state index contributed by atoms with van der Waals surface area (Å²) in [4.78, 5) is 31.3. The number of thioether (sulfide) groups is 1. The van der Waals surface area contributed by atoms with Gasteiger partial charge >= 0.3 is 0 Å². The van der Waals surface area contributed by atoms with E-state index in [-0.39, 0.29) is 17.9 Å². The number of hydrogen-bond donors (Lipinski definition) is 1. The lowest BCUT2D eigenvalue weighted by Crippen LogP contribution is -2.47. The lowest BCUT2D eigenvalue weighted by Gasteiger charge is -2.32. The van der Waals surface area contributed by atoms with Crippen molar-refractivity contribution in [1.82, 2.24) is 19.6 Å². The Morgan fingerprint density at radius 1 is 1.10 bits per heavy atom. The molecule has 156 valence electrons. The van der Waals surface area contributed by atoms with E-state index in [1.54, 1.807) is 11.8 Å². The summed E-state index contributed by atoms with van der Waals surface area (Å²) in [6.45, 7) is 3.40. The van der Waals surface area contributed by atoms with Crippen LogP contribution in [0.25, 0.3) is 5.65 Å². The first kappa shape index (κ1) is 20.5. The number of likely N-dealkylation sites (tertiary alicyclic amines) is 1. The van der Waals surface area contributed by atoms with Crippen molar-refractivity contribution in [3.63, 3.8) is 0 Å². The number of imidazole rings is 1. The van der Waals surface area contributed by atoms with Gasteiger partial charge in [-0.05, 0) is 43.5 Å². The van der Waals surface area contributed by atoms with Crippen molar-refractivity contribution in [2.24, 2.45) is 0 Å². The Hall–Kier alpha value is -2.80. The van der Waals surface area contributed by atoms with Gasteiger partial charge in [-0.15, -0.1) is 11.8 Å². The second kappa shape index (κ2) is 9.34. The van der Waals surface area contributed by atoms with E-state index in [4.69, 9.17) is 0 Å². The predicted molar refractivity (Wildman–Crippen MR) is 120 cm³/mol. The van der Waals surface area contributed by atoms with Crippen LogP contribution in [0.1, 0.15) is 34.5 Å². The molecule has 1 aliphatic rings. The van der Waals surface area contributed by atoms with E-state index < -0.39 is 0 Å². The van der Waals surface area contributed by atoms with E-state index >= 15 is 0 Å². The third-order valence-corrected chi connectivity index (χ3v) is 6.27. The molecule has 0 saturated carbocycles. The highest BCUT2D eigenvalue weighted by Crippen LogP contribution is 2.16. The SMILES string of the molecule is Cc1ccc2nc(CSCC(=O)NC3CCN(C(=O)c4ccccc4)CC3)cn2c1. The number of carbonyl (C=O) groups excluding carboxylic acids is 2. The highest BCUT2D eigenvalue weighted by Gasteiger charge is 2.24. The minimum absolute atomic E-state index is 0.0486. The maximum Gasteiger partial charge on any atom is 0.253 e. The first-order valence-electron chi connectivity index (χ1n) is 10.2. The van der Waals surface area contributed by atoms with Crippen molar-refractivity contribution < 1.29 is 9.59 Å². The number of aromatic nitrogens is 2. The van der Waals surface area contributed by atoms with Gasteiger partial charge in [-0.3, -0.25) is 9.59 Å². The lowest BCUT2D eigenvalue weighted by atomic mass is 10.0. The fourth-order valence-electron chi connectivity index (χ4n) is 3.73. The number of pyridine rings is 1. The Balaban J connectivity index is 1.19. The van der Waals surface area contributed by atoms with Crippen LogP contribution in [-0.4, -0.2) is 51.0 Å². The molecule has 2 aromatic heterocycles. The second-order valence-corrected chi connectivity index (χ2v) is 8.68. The number of fused-ring (bicyclic) bond motifs is 1. The standard InChI is InChI=1S/C23H26N4O2S/c1-17-7-8-21-24-20(14-27(21)13-17)15-30-16-22(28)25-19-9-11-26(12-10-19)23(29)18-5-3-2-4-6-18/h2-8,13-14,19H,9-12,15-16H2,1H3,(H,25,28). The molecule has 0 spiro atoms. The van der Waals surface area contributed by atoms with Crippen molar-refractivity contribution in [2.75, 3.05) is 18.8 Å². The molecule has 7 heteroatoms. The van der Waals surface area contributed by atoms with E-state index in [9.17, 15) is 9.59 Å². The Morgan fingerprint density at radius 2 is 1.87 bits per heavy atom. The van der Waals surface area contributed by atoms with Crippen LogP contribution >= 0.6 is 11.8 Å². The summed E-state index contributed by atoms with van der Waals surface area (Å²) in [5, 5.41) is 3.12. The van der Waals surface area contributed by atoms with Gasteiger partial charge in [0.05, 0.1) is 11.4 Å². The van der Waals surface area contributed by atoms with E-state index in [2.05, 4.69) is 23.4 Å². The second-order valence-electron chi connectivity index (χ2n) is 7.70. The summed E-state index contributed by atoms with van der Waals surface area (Å²) in [6, 6.07) is 13.5. The minimum atomic E-state index is 0.0486. The van der Waals surface area contributed by atoms with Gasteiger partial charge in [-0.1, -0.05) is 24.3 Å². The molecule has 30 heavy (non-hydrogen) atoms. The van der Waals surface area contributed by atoms with Gasteiger partial charge in [-0.25, -0.2) is 4.98 Å². The maximum atomic E-state index is 12.5. The number of nitrogens with one attached hydrogen (secondary N) is 1. The van der Waals surface area contributed by atoms with Crippen molar-refractivity contribution in [1.29, 1.82) is 0 Å². The van der Waals surface area contributed by atoms with Crippen molar-refractivity contribution in [2.45, 2.75) is 31.6 Å². The molecule has 1 aliphatic heterocycles. The molecule has 1 aromatic carbocycles. The smallest absolute Gasteiger partial charge is 0.253 e. The van der Waals surface area contributed by atoms with Gasteiger partial charge in [0.25, 0.3) is 5.91 Å². The van der Waals surface area contributed by atoms with Gasteiger partial charge < -0.3 is 14.6 Å². The van der Waals surface area contributed by atoms with Gasteiger partial charge in [-0.2, -0.15) is 0 Å². The molecule has 0 atom stereocenters. The Morgan fingerprint density at radius 3 is 2.63 bits per heavy atom. The molecule has 4 rings (SSSR count). The number of piperidine rings is 1. The highest BCUT2D eigenvalue weighted by molar-refractivity contribution is 7.99. The topological polar surface area (TPSA) is 66.7 Å². The van der Waals surface area contributed by atoms with E-state index in [1.807, 2.05) is 58.0 Å². The molecular weight excluding hydrogens is 396 g/mol. The average molecular weight is 423 g/mol. The maximum absolute atomic E-state index is 12.5. The van der Waals surface area contributed by atoms with E-state index in [0.29, 0.717) is 24.6 Å². The van der Waals surface area contributed by atoms with E-state index in [1.165, 1.54) is 5.56 Å². The highest BCUT2D eigenvalue weighted by atomic mass is 32.2. The summed E-state index contributed by atoms with van der Waals surface area (Å²) in [5.74, 6) is 1.24. The zero-order chi connectivity index (χ0) is 20.9. The summed E-state index contributed by atoms with van der Waals surface area (Å²) < 4.78 is 2.02. The molecular formula is C23H26N4O2S. The summed E-state index contributed by atoms with van der Waals surface area (Å²) in [7, 11) is 0. The molecule has 1 fully saturated rings. The number of aryl methyl sites for hydroxylation is 1. The summed E-state index contributed by atoms with van der Waals surface area (Å²) >= 11 is 1.57. The third-order valence-electron chi connectivity index (χ3n) is 5.30. The molecule has 0 radical (unpaired) electrons. The van der Waals surface area contributed by atoms with Crippen molar-refractivity contribution in [3.05, 3.63) is 71.7 Å². The van der Waals surface area contributed by atoms with Crippen molar-refractivity contribution in [3.8, 4) is 0 Å². The van der Waals surface area contributed by atoms with Crippen LogP contribution in [-0.2, 0) is 10.5 Å². The summed E-state index contributed by atoms with van der Waals surface area (Å²) in [6.07, 6.45) is 5.66. The molecule has 1 N–H and O–H groups in total. The average Bonchev–Trinajstić information content (AvgIpc) is 3.16. The fraction of sp³-hybridized carbons (Fsp3) is 0.348. The number of amides is 2. The van der Waals surface area contributed by atoms with Crippen LogP contribution < -0.4 is 5.32 Å². The number of rotatable bonds is 6. The van der Waals surface area contributed by atoms with Crippen LogP contribution in [0.5, 0.6) is 0 Å². The monoisotopic (exact) mass is 422 g/mol. The molecule has 3 heterocycles. The van der Waals surface area contributed by atoms with Crippen LogP contribution in [0.15, 0.2) is 54.9 Å². The molecule has 0 aliphatic carbocycles. The first-order chi connectivity index (χ1) is 14.6. The van der Waals surface area contributed by atoms with Gasteiger partial charge in [0.2, 0.25) is 5.91 Å². The predicted octanol–water partition coefficient (Wildman–Crippen LogP) is 3.30. The number of carbonyl (C=O) groups is 2.